The summed E-state index contributed by atoms with van der Waals surface area (Å²) in [6.07, 6.45) is 3.63. The van der Waals surface area contributed by atoms with Gasteiger partial charge in [-0.2, -0.15) is 5.10 Å². The lowest BCUT2D eigenvalue weighted by Crippen LogP contribution is -2.31. The van der Waals surface area contributed by atoms with Crippen molar-refractivity contribution in [1.29, 1.82) is 0 Å². The first-order valence-electron chi connectivity index (χ1n) is 9.86. The lowest BCUT2D eigenvalue weighted by atomic mass is 10.0. The second kappa shape index (κ2) is 9.09. The first-order chi connectivity index (χ1) is 14.0. The molecule has 29 heavy (non-hydrogen) atoms. The van der Waals surface area contributed by atoms with Crippen LogP contribution < -0.4 is 5.32 Å². The van der Waals surface area contributed by atoms with Crippen molar-refractivity contribution in [2.24, 2.45) is 0 Å². The average molecular weight is 464 g/mol. The van der Waals surface area contributed by atoms with Crippen LogP contribution in [0.5, 0.6) is 0 Å². The molecule has 2 atom stereocenters. The van der Waals surface area contributed by atoms with E-state index in [0.717, 1.165) is 29.3 Å². The normalized spacial score (nSPS) is 20.3. The first kappa shape index (κ1) is 21.5. The first-order valence-corrected chi connectivity index (χ1v) is 10.6. The summed E-state index contributed by atoms with van der Waals surface area (Å²) < 4.78 is 12.8. The van der Waals surface area contributed by atoms with Crippen molar-refractivity contribution >= 4 is 27.9 Å². The molecule has 1 saturated heterocycles. The maximum atomic E-state index is 12.7. The van der Waals surface area contributed by atoms with Gasteiger partial charge in [0.15, 0.2) is 0 Å². The molecule has 3 rings (SSSR count). The molecule has 0 unspecified atom stereocenters. The van der Waals surface area contributed by atoms with E-state index in [-0.39, 0.29) is 12.6 Å². The van der Waals surface area contributed by atoms with Gasteiger partial charge < -0.3 is 9.47 Å². The Morgan fingerprint density at radius 1 is 1.24 bits per heavy atom. The van der Waals surface area contributed by atoms with Gasteiger partial charge in [0.05, 0.1) is 19.4 Å². The average Bonchev–Trinajstić information content (AvgIpc) is 3.27. The second-order valence-electron chi connectivity index (χ2n) is 7.04. The lowest BCUT2D eigenvalue weighted by Gasteiger charge is -2.18. The van der Waals surface area contributed by atoms with E-state index in [1.807, 2.05) is 24.3 Å². The SMILES string of the molecule is CCCCC[C@]1(n2nc(-c3ccc(Br)cc3)cc2C(=O)OCC)N[C@@H]1C(=O)OC. The Hall–Kier alpha value is -2.19. The Morgan fingerprint density at radius 3 is 2.59 bits per heavy atom. The van der Waals surface area contributed by atoms with E-state index in [1.165, 1.54) is 7.11 Å². The predicted molar refractivity (Wildman–Crippen MR) is 112 cm³/mol. The maximum absolute atomic E-state index is 12.7. The number of aromatic nitrogens is 2. The van der Waals surface area contributed by atoms with Crippen LogP contribution in [-0.4, -0.2) is 41.5 Å². The fraction of sp³-hybridized carbons (Fsp3) is 0.476. The number of halogens is 1. The molecule has 1 fully saturated rings. The molecule has 2 heterocycles. The van der Waals surface area contributed by atoms with Crippen LogP contribution in [0.2, 0.25) is 0 Å². The number of rotatable bonds is 9. The van der Waals surface area contributed by atoms with Gasteiger partial charge >= 0.3 is 11.9 Å². The summed E-state index contributed by atoms with van der Waals surface area (Å²) >= 11 is 3.43. The zero-order chi connectivity index (χ0) is 21.0. The smallest absolute Gasteiger partial charge is 0.356 e. The zero-order valence-electron chi connectivity index (χ0n) is 16.9. The maximum Gasteiger partial charge on any atom is 0.356 e. The Kier molecular flexibility index (Phi) is 6.74. The van der Waals surface area contributed by atoms with E-state index in [0.29, 0.717) is 17.8 Å². The molecule has 1 N–H and O–H groups in total. The highest BCUT2D eigenvalue weighted by Crippen LogP contribution is 2.40. The number of nitrogens with zero attached hydrogens (tertiary/aromatic N) is 2. The number of hydrogen-bond acceptors (Lipinski definition) is 6. The summed E-state index contributed by atoms with van der Waals surface area (Å²) in [5.74, 6) is -0.826. The minimum absolute atomic E-state index is 0.258. The van der Waals surface area contributed by atoms with Crippen LogP contribution in [0, 0.1) is 0 Å². The molecule has 2 aromatic rings. The topological polar surface area (TPSA) is 92.4 Å². The van der Waals surface area contributed by atoms with E-state index in [4.69, 9.17) is 14.6 Å². The number of hydrogen-bond donors (Lipinski definition) is 1. The third-order valence-electron chi connectivity index (χ3n) is 5.10. The number of benzene rings is 1. The summed E-state index contributed by atoms with van der Waals surface area (Å²) in [7, 11) is 1.36. The molecule has 0 saturated carbocycles. The molecule has 0 aliphatic carbocycles. The van der Waals surface area contributed by atoms with Gasteiger partial charge in [0, 0.05) is 10.0 Å². The van der Waals surface area contributed by atoms with Gasteiger partial charge in [-0.05, 0) is 38.0 Å². The van der Waals surface area contributed by atoms with E-state index in [9.17, 15) is 9.59 Å². The third kappa shape index (κ3) is 4.38. The molecular weight excluding hydrogens is 438 g/mol. The monoisotopic (exact) mass is 463 g/mol. The summed E-state index contributed by atoms with van der Waals surface area (Å²) in [5, 5.41) is 7.95. The van der Waals surface area contributed by atoms with Crippen LogP contribution in [-0.2, 0) is 19.9 Å². The quantitative estimate of drug-likeness (QED) is 0.344. The molecule has 156 valence electrons. The number of esters is 2. The van der Waals surface area contributed by atoms with Crippen LogP contribution >= 0.6 is 15.9 Å². The van der Waals surface area contributed by atoms with Gasteiger partial charge in [-0.3, -0.25) is 10.1 Å². The molecule has 1 aliphatic rings. The Morgan fingerprint density at radius 2 is 1.97 bits per heavy atom. The van der Waals surface area contributed by atoms with Gasteiger partial charge in [0.1, 0.15) is 17.4 Å². The highest BCUT2D eigenvalue weighted by atomic mass is 79.9. The summed E-state index contributed by atoms with van der Waals surface area (Å²) in [4.78, 5) is 24.9. The van der Waals surface area contributed by atoms with Gasteiger partial charge in [-0.1, -0.05) is 47.8 Å². The van der Waals surface area contributed by atoms with Gasteiger partial charge in [-0.15, -0.1) is 0 Å². The Labute approximate surface area is 178 Å². The summed E-state index contributed by atoms with van der Waals surface area (Å²) in [6, 6.07) is 8.86. The second-order valence-corrected chi connectivity index (χ2v) is 7.95. The van der Waals surface area contributed by atoms with Crippen LogP contribution in [0.1, 0.15) is 50.0 Å². The fourth-order valence-corrected chi connectivity index (χ4v) is 3.79. The van der Waals surface area contributed by atoms with Crippen LogP contribution in [0.25, 0.3) is 11.3 Å². The van der Waals surface area contributed by atoms with Crippen molar-refractivity contribution < 1.29 is 19.1 Å². The molecule has 0 amide bonds. The minimum atomic E-state index is -0.780. The molecule has 0 bridgehead atoms. The van der Waals surface area contributed by atoms with Crippen molar-refractivity contribution in [2.45, 2.75) is 51.2 Å². The number of carbonyl (C=O) groups is 2. The Bertz CT molecular complexity index is 881. The molecule has 1 aromatic carbocycles. The molecule has 0 spiro atoms. The van der Waals surface area contributed by atoms with Crippen molar-refractivity contribution in [3.05, 3.63) is 40.5 Å². The fourth-order valence-electron chi connectivity index (χ4n) is 3.53. The van der Waals surface area contributed by atoms with Crippen molar-refractivity contribution in [2.75, 3.05) is 13.7 Å². The van der Waals surface area contributed by atoms with E-state index < -0.39 is 17.7 Å². The third-order valence-corrected chi connectivity index (χ3v) is 5.63. The van der Waals surface area contributed by atoms with Gasteiger partial charge in [0.2, 0.25) is 0 Å². The van der Waals surface area contributed by atoms with Crippen molar-refractivity contribution in [3.63, 3.8) is 0 Å². The van der Waals surface area contributed by atoms with Gasteiger partial charge in [-0.25, -0.2) is 9.48 Å². The van der Waals surface area contributed by atoms with Crippen molar-refractivity contribution in [3.8, 4) is 11.3 Å². The number of ether oxygens (including phenoxy) is 2. The number of methoxy groups -OCH3 is 1. The Balaban J connectivity index is 2.05. The highest BCUT2D eigenvalue weighted by Gasteiger charge is 2.61. The van der Waals surface area contributed by atoms with E-state index in [2.05, 4.69) is 28.2 Å². The minimum Gasteiger partial charge on any atom is -0.468 e. The van der Waals surface area contributed by atoms with E-state index >= 15 is 0 Å². The largest absolute Gasteiger partial charge is 0.468 e. The standard InChI is InChI=1S/C21H26BrN3O4/c1-4-6-7-12-21(18(23-21)20(27)28-3)25-17(19(26)29-5-2)13-16(24-25)14-8-10-15(22)11-9-14/h8-11,13,18,23H,4-7,12H2,1-3H3/t18-,21-/m1/s1. The van der Waals surface area contributed by atoms with Crippen molar-refractivity contribution in [1.82, 2.24) is 15.1 Å². The molecule has 7 nitrogen and oxygen atoms in total. The molecule has 0 radical (unpaired) electrons. The zero-order valence-corrected chi connectivity index (χ0v) is 18.5. The summed E-state index contributed by atoms with van der Waals surface area (Å²) in [5.41, 5.74) is 1.06. The highest BCUT2D eigenvalue weighted by molar-refractivity contribution is 9.10. The molecular formula is C21H26BrN3O4. The van der Waals surface area contributed by atoms with Crippen LogP contribution in [0.3, 0.4) is 0 Å². The lowest BCUT2D eigenvalue weighted by molar-refractivity contribution is -0.140. The number of nitrogens with one attached hydrogen (secondary N) is 1. The predicted octanol–water partition coefficient (Wildman–Crippen LogP) is 3.87. The van der Waals surface area contributed by atoms with Gasteiger partial charge in [0.25, 0.3) is 0 Å². The molecule has 1 aliphatic heterocycles. The summed E-state index contributed by atoms with van der Waals surface area (Å²) in [6.45, 7) is 4.14. The molecule has 1 aromatic heterocycles. The number of unbranched alkanes of at least 4 members (excludes halogenated alkanes) is 2. The molecule has 8 heteroatoms. The van der Waals surface area contributed by atoms with E-state index in [1.54, 1.807) is 17.7 Å². The van der Waals surface area contributed by atoms with Crippen LogP contribution in [0.15, 0.2) is 34.8 Å². The number of carbonyl (C=O) groups excluding carboxylic acids is 2. The van der Waals surface area contributed by atoms with Crippen LogP contribution in [0.4, 0.5) is 0 Å².